The molecule has 3 N–H and O–H groups in total. The zero-order chi connectivity index (χ0) is 15.0. The number of fused-ring (bicyclic) bond motifs is 1. The third-order valence-corrected chi connectivity index (χ3v) is 4.19. The molecule has 0 bridgehead atoms. The van der Waals surface area contributed by atoms with Crippen LogP contribution in [0.5, 0.6) is 0 Å². The van der Waals surface area contributed by atoms with Gasteiger partial charge in [0.25, 0.3) is 5.91 Å². The third kappa shape index (κ3) is 2.53. The zero-order valence-electron chi connectivity index (χ0n) is 12.4. The van der Waals surface area contributed by atoms with Crippen molar-refractivity contribution in [3.63, 3.8) is 0 Å². The maximum atomic E-state index is 12.4. The number of likely N-dealkylation sites (tertiary alicyclic amines) is 1. The predicted octanol–water partition coefficient (Wildman–Crippen LogP) is -0.205. The van der Waals surface area contributed by atoms with Gasteiger partial charge in [-0.25, -0.2) is 0 Å². The first-order chi connectivity index (χ1) is 10.1. The van der Waals surface area contributed by atoms with Crippen LogP contribution in [0.1, 0.15) is 42.0 Å². The SMILES string of the molecule is CC(C)N1CCC(NC(=O)c2n[nH]c3c2CNCC3)C1=O. The number of amides is 2. The number of aromatic nitrogens is 2. The quantitative estimate of drug-likeness (QED) is 0.719. The lowest BCUT2D eigenvalue weighted by atomic mass is 10.1. The third-order valence-electron chi connectivity index (χ3n) is 4.19. The summed E-state index contributed by atoms with van der Waals surface area (Å²) in [6, 6.07) is -0.259. The highest BCUT2D eigenvalue weighted by atomic mass is 16.2. The molecule has 7 heteroatoms. The fourth-order valence-corrected chi connectivity index (χ4v) is 2.99. The first-order valence-electron chi connectivity index (χ1n) is 7.46. The molecule has 0 aliphatic carbocycles. The van der Waals surface area contributed by atoms with Crippen LogP contribution in [-0.2, 0) is 17.8 Å². The van der Waals surface area contributed by atoms with Crippen molar-refractivity contribution < 1.29 is 9.59 Å². The summed E-state index contributed by atoms with van der Waals surface area (Å²) in [6.07, 6.45) is 1.51. The number of hydrogen-bond donors (Lipinski definition) is 3. The topological polar surface area (TPSA) is 90.1 Å². The van der Waals surface area contributed by atoms with Crippen molar-refractivity contribution in [1.82, 2.24) is 25.7 Å². The first kappa shape index (κ1) is 14.1. The van der Waals surface area contributed by atoms with Crippen molar-refractivity contribution in [2.45, 2.75) is 45.3 Å². The van der Waals surface area contributed by atoms with Crippen molar-refractivity contribution in [2.24, 2.45) is 0 Å². The van der Waals surface area contributed by atoms with Gasteiger partial charge in [-0.2, -0.15) is 5.10 Å². The van der Waals surface area contributed by atoms with Crippen LogP contribution in [0.2, 0.25) is 0 Å². The summed E-state index contributed by atoms with van der Waals surface area (Å²) >= 11 is 0. The fourth-order valence-electron chi connectivity index (χ4n) is 2.99. The van der Waals surface area contributed by atoms with Crippen molar-refractivity contribution in [3.8, 4) is 0 Å². The lowest BCUT2D eigenvalue weighted by Gasteiger charge is -2.21. The fraction of sp³-hybridized carbons (Fsp3) is 0.643. The smallest absolute Gasteiger partial charge is 0.272 e. The molecular weight excluding hydrogens is 270 g/mol. The van der Waals surface area contributed by atoms with Gasteiger partial charge >= 0.3 is 0 Å². The van der Waals surface area contributed by atoms with Gasteiger partial charge in [0.2, 0.25) is 5.91 Å². The summed E-state index contributed by atoms with van der Waals surface area (Å²) < 4.78 is 0. The van der Waals surface area contributed by atoms with Gasteiger partial charge in [-0.05, 0) is 20.3 Å². The molecule has 2 amide bonds. The number of aromatic amines is 1. The lowest BCUT2D eigenvalue weighted by molar-refractivity contribution is -0.130. The van der Waals surface area contributed by atoms with Crippen LogP contribution in [0, 0.1) is 0 Å². The van der Waals surface area contributed by atoms with E-state index in [9.17, 15) is 9.59 Å². The second-order valence-electron chi connectivity index (χ2n) is 5.90. The van der Waals surface area contributed by atoms with E-state index in [0.717, 1.165) is 24.2 Å². The molecule has 2 aliphatic rings. The Bertz CT molecular complexity index is 566. The minimum Gasteiger partial charge on any atom is -0.339 e. The highest BCUT2D eigenvalue weighted by molar-refractivity contribution is 5.98. The molecule has 114 valence electrons. The average Bonchev–Trinajstić information content (AvgIpc) is 3.03. The number of rotatable bonds is 3. The van der Waals surface area contributed by atoms with Crippen LogP contribution in [0.4, 0.5) is 0 Å². The van der Waals surface area contributed by atoms with Crippen molar-refractivity contribution in [2.75, 3.05) is 13.1 Å². The van der Waals surface area contributed by atoms with Gasteiger partial charge in [0, 0.05) is 43.4 Å². The number of H-pyrrole nitrogens is 1. The highest BCUT2D eigenvalue weighted by Gasteiger charge is 2.35. The molecule has 2 aliphatic heterocycles. The van der Waals surface area contributed by atoms with E-state index in [2.05, 4.69) is 20.8 Å². The molecule has 7 nitrogen and oxygen atoms in total. The Hall–Kier alpha value is -1.89. The van der Waals surface area contributed by atoms with Gasteiger partial charge in [0.1, 0.15) is 6.04 Å². The van der Waals surface area contributed by atoms with Crippen LogP contribution >= 0.6 is 0 Å². The molecule has 1 aromatic rings. The monoisotopic (exact) mass is 291 g/mol. The molecule has 0 spiro atoms. The van der Waals surface area contributed by atoms with E-state index in [-0.39, 0.29) is 17.9 Å². The van der Waals surface area contributed by atoms with Crippen LogP contribution in [0.3, 0.4) is 0 Å². The van der Waals surface area contributed by atoms with Gasteiger partial charge in [0.15, 0.2) is 5.69 Å². The molecule has 0 aromatic carbocycles. The Kier molecular flexibility index (Phi) is 3.67. The van der Waals surface area contributed by atoms with Crippen LogP contribution in [-0.4, -0.2) is 52.1 Å². The second-order valence-corrected chi connectivity index (χ2v) is 5.90. The normalized spacial score (nSPS) is 21.8. The zero-order valence-corrected chi connectivity index (χ0v) is 12.4. The molecule has 3 rings (SSSR count). The number of nitrogens with zero attached hydrogens (tertiary/aromatic N) is 2. The van der Waals surface area contributed by atoms with E-state index in [1.807, 2.05) is 13.8 Å². The van der Waals surface area contributed by atoms with Crippen molar-refractivity contribution in [3.05, 3.63) is 17.0 Å². The van der Waals surface area contributed by atoms with E-state index in [1.54, 1.807) is 4.90 Å². The Balaban J connectivity index is 1.70. The largest absolute Gasteiger partial charge is 0.339 e. The van der Waals surface area contributed by atoms with Crippen LogP contribution in [0.25, 0.3) is 0 Å². The number of carbonyl (C=O) groups is 2. The van der Waals surface area contributed by atoms with Crippen LogP contribution in [0.15, 0.2) is 0 Å². The predicted molar refractivity (Wildman–Crippen MR) is 76.7 cm³/mol. The molecule has 1 atom stereocenters. The van der Waals surface area contributed by atoms with E-state index in [0.29, 0.717) is 25.2 Å². The summed E-state index contributed by atoms with van der Waals surface area (Å²) in [5.74, 6) is -0.263. The van der Waals surface area contributed by atoms with Gasteiger partial charge in [-0.1, -0.05) is 0 Å². The van der Waals surface area contributed by atoms with E-state index >= 15 is 0 Å². The molecule has 21 heavy (non-hydrogen) atoms. The maximum absolute atomic E-state index is 12.4. The Morgan fingerprint density at radius 1 is 1.48 bits per heavy atom. The summed E-state index contributed by atoms with van der Waals surface area (Å²) in [5.41, 5.74) is 2.35. The molecule has 1 fully saturated rings. The summed E-state index contributed by atoms with van der Waals surface area (Å²) in [7, 11) is 0. The molecule has 3 heterocycles. The van der Waals surface area contributed by atoms with Crippen LogP contribution < -0.4 is 10.6 Å². The molecule has 1 saturated heterocycles. The summed E-state index contributed by atoms with van der Waals surface area (Å²) in [5, 5.41) is 13.1. The minimum absolute atomic E-state index is 0.000813. The van der Waals surface area contributed by atoms with E-state index in [4.69, 9.17) is 0 Å². The Labute approximate surface area is 123 Å². The lowest BCUT2D eigenvalue weighted by Crippen LogP contribution is -2.43. The van der Waals surface area contributed by atoms with Gasteiger partial charge in [-0.3, -0.25) is 14.7 Å². The molecule has 1 aromatic heterocycles. The number of nitrogens with one attached hydrogen (secondary N) is 3. The van der Waals surface area contributed by atoms with Gasteiger partial charge in [0.05, 0.1) is 0 Å². The number of hydrogen-bond acceptors (Lipinski definition) is 4. The van der Waals surface area contributed by atoms with E-state index < -0.39 is 6.04 Å². The average molecular weight is 291 g/mol. The molecule has 1 unspecified atom stereocenters. The van der Waals surface area contributed by atoms with Crippen molar-refractivity contribution in [1.29, 1.82) is 0 Å². The Morgan fingerprint density at radius 2 is 2.29 bits per heavy atom. The molecule has 0 radical (unpaired) electrons. The summed E-state index contributed by atoms with van der Waals surface area (Å²) in [6.45, 7) is 6.20. The second kappa shape index (κ2) is 5.48. The van der Waals surface area contributed by atoms with Crippen molar-refractivity contribution >= 4 is 11.8 Å². The van der Waals surface area contributed by atoms with E-state index in [1.165, 1.54) is 0 Å². The van der Waals surface area contributed by atoms with Gasteiger partial charge in [-0.15, -0.1) is 0 Å². The summed E-state index contributed by atoms with van der Waals surface area (Å²) in [4.78, 5) is 26.4. The standard InChI is InChI=1S/C14H21N5O2/c1-8(2)19-6-4-11(14(19)21)16-13(20)12-9-7-15-5-3-10(9)17-18-12/h8,11,15H,3-7H2,1-2H3,(H,16,20)(H,17,18). The Morgan fingerprint density at radius 3 is 3.00 bits per heavy atom. The molecular formula is C14H21N5O2. The highest BCUT2D eigenvalue weighted by Crippen LogP contribution is 2.18. The molecule has 0 saturated carbocycles. The first-order valence-corrected chi connectivity index (χ1v) is 7.46. The number of carbonyl (C=O) groups excluding carboxylic acids is 2. The minimum atomic E-state index is -0.427. The maximum Gasteiger partial charge on any atom is 0.272 e. The van der Waals surface area contributed by atoms with Gasteiger partial charge < -0.3 is 15.5 Å².